The van der Waals surface area contributed by atoms with Crippen LogP contribution in [0.25, 0.3) is 0 Å². The van der Waals surface area contributed by atoms with E-state index < -0.39 is 67.3 Å². The molecular formula is C65H110O12. The van der Waals surface area contributed by atoms with Crippen LogP contribution in [-0.2, 0) is 42.9 Å². The molecule has 0 aromatic rings. The lowest BCUT2D eigenvalue weighted by Gasteiger charge is -2.40. The standard InChI is InChI=1S/C65H110O12/c1-4-7-10-13-16-19-22-24-26-28-29-31-32-34-37-39-42-45-48-51-57(66)73-54-56(75-58(67)52-49-46-43-41-38-35-33-30-27-25-23-20-17-14-11-8-5-2)55-74-65-63(61(70)60(69)62(77-65)64(71)72)76-59(68)53-50-47-44-40-36-21-18-15-12-9-6-3/h8,11,15,17-18,20,25,27,33,35,41,43,56,60-63,65,69-70H,4-7,9-10,12-14,16,19,21-24,26,28-32,34,36-40,42,44-55H2,1-3H3,(H,71,72)/b11-8-,18-15-,20-17-,27-25-,35-33-,43-41-. The highest BCUT2D eigenvalue weighted by Crippen LogP contribution is 2.26. The molecule has 3 N–H and O–H groups in total. The largest absolute Gasteiger partial charge is 0.479 e. The Labute approximate surface area is 468 Å². The lowest BCUT2D eigenvalue weighted by atomic mass is 9.98. The van der Waals surface area contributed by atoms with Gasteiger partial charge < -0.3 is 39.0 Å². The number of aliphatic hydroxyl groups excluding tert-OH is 2. The molecule has 442 valence electrons. The molecule has 0 aromatic carbocycles. The molecule has 1 aliphatic rings. The van der Waals surface area contributed by atoms with Crippen LogP contribution < -0.4 is 0 Å². The Morgan fingerprint density at radius 1 is 0.442 bits per heavy atom. The van der Waals surface area contributed by atoms with Crippen molar-refractivity contribution in [2.75, 3.05) is 13.2 Å². The smallest absolute Gasteiger partial charge is 0.335 e. The molecule has 0 spiro atoms. The topological polar surface area (TPSA) is 175 Å². The fraction of sp³-hybridized carbons (Fsp3) is 0.754. The lowest BCUT2D eigenvalue weighted by Crippen LogP contribution is -2.61. The molecule has 0 aromatic heterocycles. The van der Waals surface area contributed by atoms with Crippen molar-refractivity contribution in [1.29, 1.82) is 0 Å². The molecule has 6 unspecified atom stereocenters. The van der Waals surface area contributed by atoms with Gasteiger partial charge in [0.1, 0.15) is 18.8 Å². The van der Waals surface area contributed by atoms with Gasteiger partial charge in [-0.25, -0.2) is 4.79 Å². The van der Waals surface area contributed by atoms with Gasteiger partial charge in [0.2, 0.25) is 0 Å². The van der Waals surface area contributed by atoms with Gasteiger partial charge in [0, 0.05) is 19.3 Å². The zero-order valence-electron chi connectivity index (χ0n) is 48.7. The number of rotatable bonds is 52. The highest BCUT2D eigenvalue weighted by molar-refractivity contribution is 5.74. The molecule has 6 atom stereocenters. The van der Waals surface area contributed by atoms with Crippen LogP contribution in [0.3, 0.4) is 0 Å². The molecule has 0 amide bonds. The highest BCUT2D eigenvalue weighted by Gasteiger charge is 2.50. The van der Waals surface area contributed by atoms with Gasteiger partial charge in [0.15, 0.2) is 24.6 Å². The summed E-state index contributed by atoms with van der Waals surface area (Å²) in [6.45, 7) is 5.80. The third-order valence-corrected chi connectivity index (χ3v) is 13.8. The van der Waals surface area contributed by atoms with Crippen LogP contribution in [0.5, 0.6) is 0 Å². The molecule has 1 saturated heterocycles. The number of aliphatic hydroxyl groups is 2. The van der Waals surface area contributed by atoms with E-state index in [0.29, 0.717) is 25.7 Å². The Balaban J connectivity index is 2.69. The summed E-state index contributed by atoms with van der Waals surface area (Å²) in [5, 5.41) is 31.5. The minimum Gasteiger partial charge on any atom is -0.479 e. The number of carboxylic acids is 1. The summed E-state index contributed by atoms with van der Waals surface area (Å²) in [6.07, 6.45) is 54.6. The van der Waals surface area contributed by atoms with E-state index in [-0.39, 0.29) is 25.9 Å². The van der Waals surface area contributed by atoms with Crippen LogP contribution in [0.15, 0.2) is 72.9 Å². The van der Waals surface area contributed by atoms with E-state index in [1.807, 2.05) is 6.08 Å². The fourth-order valence-corrected chi connectivity index (χ4v) is 9.03. The molecule has 1 rings (SSSR count). The van der Waals surface area contributed by atoms with Gasteiger partial charge >= 0.3 is 23.9 Å². The van der Waals surface area contributed by atoms with E-state index in [4.69, 9.17) is 23.7 Å². The zero-order chi connectivity index (χ0) is 56.1. The average Bonchev–Trinajstić information content (AvgIpc) is 3.42. The summed E-state index contributed by atoms with van der Waals surface area (Å²) in [7, 11) is 0. The van der Waals surface area contributed by atoms with Gasteiger partial charge in [-0.15, -0.1) is 0 Å². The second-order valence-corrected chi connectivity index (χ2v) is 21.0. The Kier molecular flexibility index (Phi) is 48.8. The quantitative estimate of drug-likeness (QED) is 0.0228. The maximum atomic E-state index is 13.1. The van der Waals surface area contributed by atoms with E-state index >= 15 is 0 Å². The second kappa shape index (κ2) is 52.8. The zero-order valence-corrected chi connectivity index (χ0v) is 48.7. The van der Waals surface area contributed by atoms with E-state index in [2.05, 4.69) is 87.6 Å². The third kappa shape index (κ3) is 42.7. The number of carbonyl (C=O) groups excluding carboxylic acids is 3. The van der Waals surface area contributed by atoms with Gasteiger partial charge in [0.25, 0.3) is 0 Å². The number of esters is 3. The second-order valence-electron chi connectivity index (χ2n) is 21.0. The normalized spacial score (nSPS) is 18.5. The average molecular weight is 1080 g/mol. The summed E-state index contributed by atoms with van der Waals surface area (Å²) in [5.74, 6) is -3.20. The van der Waals surface area contributed by atoms with Gasteiger partial charge in [0.05, 0.1) is 6.61 Å². The minimum atomic E-state index is -1.91. The first-order valence-corrected chi connectivity index (χ1v) is 30.9. The maximum absolute atomic E-state index is 13.1. The predicted molar refractivity (Wildman–Crippen MR) is 312 cm³/mol. The van der Waals surface area contributed by atoms with E-state index in [0.717, 1.165) is 89.9 Å². The number of hydrogen-bond donors (Lipinski definition) is 3. The lowest BCUT2D eigenvalue weighted by molar-refractivity contribution is -0.301. The number of hydrogen-bond acceptors (Lipinski definition) is 11. The third-order valence-electron chi connectivity index (χ3n) is 13.8. The number of carboxylic acid groups (broad SMARTS) is 1. The summed E-state index contributed by atoms with van der Waals surface area (Å²) < 4.78 is 28.4. The first-order chi connectivity index (χ1) is 37.6. The van der Waals surface area contributed by atoms with Crippen molar-refractivity contribution >= 4 is 23.9 Å². The monoisotopic (exact) mass is 1080 g/mol. The summed E-state index contributed by atoms with van der Waals surface area (Å²) >= 11 is 0. The Bertz CT molecular complexity index is 1620. The number of carbonyl (C=O) groups is 4. The molecule has 1 fully saturated rings. The molecule has 1 aliphatic heterocycles. The Morgan fingerprint density at radius 3 is 1.34 bits per heavy atom. The van der Waals surface area contributed by atoms with Gasteiger partial charge in [-0.05, 0) is 77.0 Å². The first kappa shape index (κ1) is 71.2. The molecule has 0 radical (unpaired) electrons. The van der Waals surface area contributed by atoms with Crippen LogP contribution in [0.1, 0.15) is 265 Å². The summed E-state index contributed by atoms with van der Waals surface area (Å²) in [5.41, 5.74) is 0. The van der Waals surface area contributed by atoms with Crippen molar-refractivity contribution in [3.8, 4) is 0 Å². The SMILES string of the molecule is CC/C=C\C/C=C\C/C=C\C/C=C\C/C=C\CCCC(=O)OC(COC(=O)CCCCCCCCCCCCCCCCCCCCC)COC1OC(C(=O)O)C(O)C(O)C1OC(=O)CCCCCCC/C=C\CCCC. The van der Waals surface area contributed by atoms with Crippen LogP contribution in [0, 0.1) is 0 Å². The number of allylic oxidation sites excluding steroid dienone is 12. The summed E-state index contributed by atoms with van der Waals surface area (Å²) in [6, 6.07) is 0. The number of ether oxygens (including phenoxy) is 5. The van der Waals surface area contributed by atoms with Crippen LogP contribution in [0.2, 0.25) is 0 Å². The predicted octanol–water partition coefficient (Wildman–Crippen LogP) is 16.1. The molecule has 0 saturated carbocycles. The van der Waals surface area contributed by atoms with Crippen molar-refractivity contribution in [1.82, 2.24) is 0 Å². The van der Waals surface area contributed by atoms with E-state index in [1.54, 1.807) is 0 Å². The molecule has 12 heteroatoms. The van der Waals surface area contributed by atoms with Crippen molar-refractivity contribution in [2.45, 2.75) is 302 Å². The van der Waals surface area contributed by atoms with Crippen molar-refractivity contribution in [3.05, 3.63) is 72.9 Å². The molecule has 77 heavy (non-hydrogen) atoms. The number of unbranched alkanes of at least 4 members (excludes halogenated alkanes) is 26. The molecule has 0 bridgehead atoms. The minimum absolute atomic E-state index is 0.0423. The van der Waals surface area contributed by atoms with E-state index in [1.165, 1.54) is 109 Å². The van der Waals surface area contributed by atoms with Crippen molar-refractivity contribution in [3.63, 3.8) is 0 Å². The fourth-order valence-electron chi connectivity index (χ4n) is 9.03. The molecule has 12 nitrogen and oxygen atoms in total. The Morgan fingerprint density at radius 2 is 0.844 bits per heavy atom. The van der Waals surface area contributed by atoms with Crippen LogP contribution in [-0.4, -0.2) is 89.2 Å². The van der Waals surface area contributed by atoms with Crippen molar-refractivity contribution < 1.29 is 58.2 Å². The van der Waals surface area contributed by atoms with Crippen LogP contribution in [0.4, 0.5) is 0 Å². The molecular weight excluding hydrogens is 973 g/mol. The van der Waals surface area contributed by atoms with Gasteiger partial charge in [-0.2, -0.15) is 0 Å². The van der Waals surface area contributed by atoms with E-state index in [9.17, 15) is 34.5 Å². The molecule has 0 aliphatic carbocycles. The van der Waals surface area contributed by atoms with Gasteiger partial charge in [-0.3, -0.25) is 14.4 Å². The van der Waals surface area contributed by atoms with Gasteiger partial charge in [-0.1, -0.05) is 241 Å². The maximum Gasteiger partial charge on any atom is 0.335 e. The molecule has 1 heterocycles. The number of aliphatic carboxylic acids is 1. The highest BCUT2D eigenvalue weighted by atomic mass is 16.7. The summed E-state index contributed by atoms with van der Waals surface area (Å²) in [4.78, 5) is 51.1. The Hall–Kier alpha value is -3.84. The van der Waals surface area contributed by atoms with Crippen molar-refractivity contribution in [2.24, 2.45) is 0 Å². The first-order valence-electron chi connectivity index (χ1n) is 30.9. The van der Waals surface area contributed by atoms with Crippen LogP contribution >= 0.6 is 0 Å².